The smallest absolute Gasteiger partial charge is 0.277 e. The zero-order valence-corrected chi connectivity index (χ0v) is 12.3. The van der Waals surface area contributed by atoms with Crippen LogP contribution in [-0.2, 0) is 11.2 Å². The summed E-state index contributed by atoms with van der Waals surface area (Å²) in [5.74, 6) is 0.203. The van der Waals surface area contributed by atoms with Gasteiger partial charge in [0.15, 0.2) is 12.1 Å². The van der Waals surface area contributed by atoms with Crippen molar-refractivity contribution in [2.75, 3.05) is 5.32 Å². The van der Waals surface area contributed by atoms with Gasteiger partial charge in [-0.2, -0.15) is 0 Å². The van der Waals surface area contributed by atoms with E-state index in [1.807, 2.05) is 12.1 Å². The van der Waals surface area contributed by atoms with Crippen LogP contribution < -0.4 is 10.6 Å². The van der Waals surface area contributed by atoms with Gasteiger partial charge in [-0.05, 0) is 37.5 Å². The van der Waals surface area contributed by atoms with E-state index < -0.39 is 0 Å². The molecule has 6 nitrogen and oxygen atoms in total. The SMILES string of the molecule is Cc1ocnc1C(=O)Nc1ccc(CC(=O)NC2CC2)cc1. The van der Waals surface area contributed by atoms with Crippen molar-refractivity contribution in [2.45, 2.75) is 32.2 Å². The molecule has 0 unspecified atom stereocenters. The average Bonchev–Trinajstić information content (AvgIpc) is 3.19. The number of oxazole rings is 1. The Labute approximate surface area is 127 Å². The predicted molar refractivity (Wildman–Crippen MR) is 80.5 cm³/mol. The molecular formula is C16H17N3O3. The van der Waals surface area contributed by atoms with E-state index in [4.69, 9.17) is 4.42 Å². The van der Waals surface area contributed by atoms with E-state index >= 15 is 0 Å². The van der Waals surface area contributed by atoms with Crippen LogP contribution in [0.5, 0.6) is 0 Å². The highest BCUT2D eigenvalue weighted by molar-refractivity contribution is 6.03. The zero-order chi connectivity index (χ0) is 15.5. The van der Waals surface area contributed by atoms with Crippen LogP contribution in [0.1, 0.15) is 34.7 Å². The lowest BCUT2D eigenvalue weighted by molar-refractivity contribution is -0.120. The number of carbonyl (C=O) groups excluding carboxylic acids is 2. The molecular weight excluding hydrogens is 282 g/mol. The van der Waals surface area contributed by atoms with Gasteiger partial charge in [0.05, 0.1) is 6.42 Å². The van der Waals surface area contributed by atoms with E-state index in [1.54, 1.807) is 19.1 Å². The van der Waals surface area contributed by atoms with E-state index in [-0.39, 0.29) is 17.5 Å². The molecule has 1 aromatic carbocycles. The largest absolute Gasteiger partial charge is 0.448 e. The molecule has 0 radical (unpaired) electrons. The number of amides is 2. The summed E-state index contributed by atoms with van der Waals surface area (Å²) in [5, 5.41) is 5.69. The van der Waals surface area contributed by atoms with Gasteiger partial charge in [0.2, 0.25) is 5.91 Å². The van der Waals surface area contributed by atoms with E-state index in [0.29, 0.717) is 23.9 Å². The summed E-state index contributed by atoms with van der Waals surface area (Å²) in [4.78, 5) is 27.6. The van der Waals surface area contributed by atoms with Crippen molar-refractivity contribution >= 4 is 17.5 Å². The highest BCUT2D eigenvalue weighted by Crippen LogP contribution is 2.19. The molecule has 1 aromatic heterocycles. The molecule has 2 amide bonds. The number of nitrogens with zero attached hydrogens (tertiary/aromatic N) is 1. The third-order valence-electron chi connectivity index (χ3n) is 3.48. The zero-order valence-electron chi connectivity index (χ0n) is 12.3. The second-order valence-corrected chi connectivity index (χ2v) is 5.43. The van der Waals surface area contributed by atoms with Crippen LogP contribution >= 0.6 is 0 Å². The number of nitrogens with one attached hydrogen (secondary N) is 2. The quantitative estimate of drug-likeness (QED) is 0.885. The lowest BCUT2D eigenvalue weighted by Gasteiger charge is -2.06. The Balaban J connectivity index is 1.58. The molecule has 0 bridgehead atoms. The van der Waals surface area contributed by atoms with Crippen LogP contribution in [0.25, 0.3) is 0 Å². The number of hydrogen-bond acceptors (Lipinski definition) is 4. The monoisotopic (exact) mass is 299 g/mol. The van der Waals surface area contributed by atoms with Crippen molar-refractivity contribution in [3.63, 3.8) is 0 Å². The minimum atomic E-state index is -0.314. The molecule has 1 heterocycles. The molecule has 0 atom stereocenters. The standard InChI is InChI=1S/C16H17N3O3/c1-10-15(17-9-22-10)16(21)19-13-4-2-11(3-5-13)8-14(20)18-12-6-7-12/h2-5,9,12H,6-8H2,1H3,(H,18,20)(H,19,21). The third kappa shape index (κ3) is 3.52. The summed E-state index contributed by atoms with van der Waals surface area (Å²) in [7, 11) is 0. The number of rotatable bonds is 5. The van der Waals surface area contributed by atoms with Gasteiger partial charge < -0.3 is 15.1 Å². The van der Waals surface area contributed by atoms with E-state index in [0.717, 1.165) is 18.4 Å². The van der Waals surface area contributed by atoms with Gasteiger partial charge in [0, 0.05) is 11.7 Å². The maximum atomic E-state index is 12.0. The summed E-state index contributed by atoms with van der Waals surface area (Å²) < 4.78 is 5.01. The van der Waals surface area contributed by atoms with Crippen LogP contribution in [0.3, 0.4) is 0 Å². The summed E-state index contributed by atoms with van der Waals surface area (Å²) in [5.41, 5.74) is 1.83. The highest BCUT2D eigenvalue weighted by Gasteiger charge is 2.23. The summed E-state index contributed by atoms with van der Waals surface area (Å²) >= 11 is 0. The normalized spacial score (nSPS) is 13.7. The highest BCUT2D eigenvalue weighted by atomic mass is 16.3. The lowest BCUT2D eigenvalue weighted by atomic mass is 10.1. The first-order chi connectivity index (χ1) is 10.6. The minimum Gasteiger partial charge on any atom is -0.448 e. The van der Waals surface area contributed by atoms with Crippen molar-refractivity contribution < 1.29 is 14.0 Å². The first-order valence-corrected chi connectivity index (χ1v) is 7.21. The average molecular weight is 299 g/mol. The summed E-state index contributed by atoms with van der Waals surface area (Å²) in [6, 6.07) is 7.58. The first kappa shape index (κ1) is 14.3. The van der Waals surface area contributed by atoms with Crippen molar-refractivity contribution in [2.24, 2.45) is 0 Å². The van der Waals surface area contributed by atoms with Crippen molar-refractivity contribution in [3.8, 4) is 0 Å². The van der Waals surface area contributed by atoms with Crippen molar-refractivity contribution in [1.82, 2.24) is 10.3 Å². The van der Waals surface area contributed by atoms with Gasteiger partial charge in [0.1, 0.15) is 5.76 Å². The Morgan fingerprint density at radius 1 is 1.27 bits per heavy atom. The Morgan fingerprint density at radius 3 is 2.59 bits per heavy atom. The molecule has 2 N–H and O–H groups in total. The lowest BCUT2D eigenvalue weighted by Crippen LogP contribution is -2.26. The predicted octanol–water partition coefficient (Wildman–Crippen LogP) is 2.06. The molecule has 0 aliphatic heterocycles. The number of anilines is 1. The molecule has 1 aliphatic rings. The third-order valence-corrected chi connectivity index (χ3v) is 3.48. The number of aryl methyl sites for hydroxylation is 1. The number of aromatic nitrogens is 1. The molecule has 1 aliphatic carbocycles. The Kier molecular flexibility index (Phi) is 3.91. The fraction of sp³-hybridized carbons (Fsp3) is 0.312. The van der Waals surface area contributed by atoms with E-state index in [2.05, 4.69) is 15.6 Å². The molecule has 1 saturated carbocycles. The second-order valence-electron chi connectivity index (χ2n) is 5.43. The van der Waals surface area contributed by atoms with Gasteiger partial charge in [0.25, 0.3) is 5.91 Å². The summed E-state index contributed by atoms with van der Waals surface area (Å²) in [6.07, 6.45) is 3.76. The molecule has 2 aromatic rings. The Hall–Kier alpha value is -2.63. The fourth-order valence-corrected chi connectivity index (χ4v) is 2.11. The van der Waals surface area contributed by atoms with Gasteiger partial charge in [-0.15, -0.1) is 0 Å². The van der Waals surface area contributed by atoms with Crippen LogP contribution in [0.2, 0.25) is 0 Å². The molecule has 6 heteroatoms. The Morgan fingerprint density at radius 2 is 2.00 bits per heavy atom. The summed E-state index contributed by atoms with van der Waals surface area (Å²) in [6.45, 7) is 1.68. The van der Waals surface area contributed by atoms with Crippen molar-refractivity contribution in [3.05, 3.63) is 47.7 Å². The first-order valence-electron chi connectivity index (χ1n) is 7.21. The molecule has 3 rings (SSSR count). The van der Waals surface area contributed by atoms with Crippen LogP contribution in [0.4, 0.5) is 5.69 Å². The Bertz CT molecular complexity index is 687. The second kappa shape index (κ2) is 6.01. The maximum Gasteiger partial charge on any atom is 0.277 e. The topological polar surface area (TPSA) is 84.2 Å². The van der Waals surface area contributed by atoms with Crippen molar-refractivity contribution in [1.29, 1.82) is 0 Å². The number of carbonyl (C=O) groups is 2. The van der Waals surface area contributed by atoms with Gasteiger partial charge >= 0.3 is 0 Å². The number of hydrogen-bond donors (Lipinski definition) is 2. The van der Waals surface area contributed by atoms with Crippen LogP contribution in [0, 0.1) is 6.92 Å². The van der Waals surface area contributed by atoms with E-state index in [9.17, 15) is 9.59 Å². The van der Waals surface area contributed by atoms with Crippen LogP contribution in [-0.4, -0.2) is 22.8 Å². The van der Waals surface area contributed by atoms with Crippen LogP contribution in [0.15, 0.2) is 35.1 Å². The van der Waals surface area contributed by atoms with Gasteiger partial charge in [-0.1, -0.05) is 12.1 Å². The van der Waals surface area contributed by atoms with E-state index in [1.165, 1.54) is 6.39 Å². The minimum absolute atomic E-state index is 0.0394. The fourth-order valence-electron chi connectivity index (χ4n) is 2.11. The molecule has 0 spiro atoms. The molecule has 1 fully saturated rings. The van der Waals surface area contributed by atoms with Gasteiger partial charge in [-0.25, -0.2) is 4.98 Å². The molecule has 22 heavy (non-hydrogen) atoms. The number of benzene rings is 1. The molecule has 0 saturated heterocycles. The maximum absolute atomic E-state index is 12.0. The molecule has 114 valence electrons. The van der Waals surface area contributed by atoms with Gasteiger partial charge in [-0.3, -0.25) is 9.59 Å².